The predicted octanol–water partition coefficient (Wildman–Crippen LogP) is 0.786. The third-order valence-electron chi connectivity index (χ3n) is 5.05. The summed E-state index contributed by atoms with van der Waals surface area (Å²) in [6.07, 6.45) is 3.08. The van der Waals surface area contributed by atoms with Crippen LogP contribution in [0.5, 0.6) is 11.5 Å². The molecule has 0 radical (unpaired) electrons. The first-order valence-corrected chi connectivity index (χ1v) is 7.40. The second-order valence-corrected chi connectivity index (χ2v) is 6.20. The number of benzene rings is 1. The number of aliphatic carboxylic acids is 1. The van der Waals surface area contributed by atoms with Gasteiger partial charge in [-0.05, 0) is 12.1 Å². The van der Waals surface area contributed by atoms with Gasteiger partial charge in [0.25, 0.3) is 0 Å². The molecule has 0 saturated carbocycles. The van der Waals surface area contributed by atoms with Crippen molar-refractivity contribution in [3.05, 3.63) is 30.4 Å². The van der Waals surface area contributed by atoms with Crippen molar-refractivity contribution in [3.8, 4) is 11.5 Å². The van der Waals surface area contributed by atoms with E-state index in [2.05, 4.69) is 0 Å². The topological polar surface area (TPSA) is 85.3 Å². The standard InChI is InChI=1S/C16H13NO6/c18-14-13-12(15(19)20)10-3-4-16(13,23-10)6-17(14)8-1-2-9-11(5-8)22-7-21-9/h1-5,10,12-13H,6-7H2,(H,19,20)/t10-,12-,13-,16+/m0/s1. The first kappa shape index (κ1) is 13.0. The van der Waals surface area contributed by atoms with Gasteiger partial charge in [-0.25, -0.2) is 0 Å². The van der Waals surface area contributed by atoms with Gasteiger partial charge in [0.05, 0.1) is 18.6 Å². The molecule has 23 heavy (non-hydrogen) atoms. The molecule has 4 aliphatic heterocycles. The number of fused-ring (bicyclic) bond motifs is 2. The first-order chi connectivity index (χ1) is 11.1. The van der Waals surface area contributed by atoms with Crippen molar-refractivity contribution in [3.63, 3.8) is 0 Å². The maximum atomic E-state index is 12.9. The second kappa shape index (κ2) is 4.05. The van der Waals surface area contributed by atoms with Gasteiger partial charge in [-0.2, -0.15) is 0 Å². The summed E-state index contributed by atoms with van der Waals surface area (Å²) in [5.41, 5.74) is -0.172. The largest absolute Gasteiger partial charge is 0.481 e. The summed E-state index contributed by atoms with van der Waals surface area (Å²) in [4.78, 5) is 26.0. The monoisotopic (exact) mass is 315 g/mol. The summed E-state index contributed by atoms with van der Waals surface area (Å²) in [6, 6.07) is 5.26. The van der Waals surface area contributed by atoms with Crippen molar-refractivity contribution >= 4 is 17.6 Å². The number of hydrogen-bond donors (Lipinski definition) is 1. The highest BCUT2D eigenvalue weighted by Gasteiger charge is 2.67. The number of carbonyl (C=O) groups is 2. The molecule has 0 aliphatic carbocycles. The van der Waals surface area contributed by atoms with Crippen molar-refractivity contribution in [2.45, 2.75) is 11.7 Å². The minimum Gasteiger partial charge on any atom is -0.481 e. The molecular weight excluding hydrogens is 302 g/mol. The van der Waals surface area contributed by atoms with Gasteiger partial charge >= 0.3 is 5.97 Å². The fraction of sp³-hybridized carbons (Fsp3) is 0.375. The second-order valence-electron chi connectivity index (χ2n) is 6.20. The number of amides is 1. The quantitative estimate of drug-likeness (QED) is 0.812. The van der Waals surface area contributed by atoms with E-state index in [1.54, 1.807) is 29.2 Å². The molecule has 4 heterocycles. The first-order valence-electron chi connectivity index (χ1n) is 7.40. The molecule has 2 fully saturated rings. The van der Waals surface area contributed by atoms with Crippen LogP contribution in [0.4, 0.5) is 5.69 Å². The number of rotatable bonds is 2. The molecule has 118 valence electrons. The van der Waals surface area contributed by atoms with Crippen molar-refractivity contribution in [2.75, 3.05) is 18.2 Å². The van der Waals surface area contributed by atoms with Crippen LogP contribution in [0, 0.1) is 11.8 Å². The van der Waals surface area contributed by atoms with E-state index in [9.17, 15) is 14.7 Å². The van der Waals surface area contributed by atoms with E-state index in [0.29, 0.717) is 23.7 Å². The van der Waals surface area contributed by atoms with Gasteiger partial charge in [0.2, 0.25) is 12.7 Å². The van der Waals surface area contributed by atoms with E-state index >= 15 is 0 Å². The highest BCUT2D eigenvalue weighted by atomic mass is 16.7. The summed E-state index contributed by atoms with van der Waals surface area (Å²) >= 11 is 0. The summed E-state index contributed by atoms with van der Waals surface area (Å²) < 4.78 is 16.5. The molecule has 4 atom stereocenters. The Kier molecular flexibility index (Phi) is 2.28. The predicted molar refractivity (Wildman–Crippen MR) is 76.3 cm³/mol. The average molecular weight is 315 g/mol. The number of ether oxygens (including phenoxy) is 3. The lowest BCUT2D eigenvalue weighted by Crippen LogP contribution is -2.39. The molecule has 0 aromatic heterocycles. The van der Waals surface area contributed by atoms with Crippen molar-refractivity contribution in [1.29, 1.82) is 0 Å². The smallest absolute Gasteiger partial charge is 0.310 e. The molecule has 2 saturated heterocycles. The molecule has 2 bridgehead atoms. The SMILES string of the molecule is O=C(O)[C@H]1[C@@H]2C=C[C@]3(CN(c4ccc5c(c4)OCO5)C(=O)[C@H]13)O2. The van der Waals surface area contributed by atoms with Gasteiger partial charge in [0.15, 0.2) is 11.5 Å². The molecule has 1 N–H and O–H groups in total. The highest BCUT2D eigenvalue weighted by Crippen LogP contribution is 2.53. The maximum Gasteiger partial charge on any atom is 0.310 e. The Morgan fingerprint density at radius 2 is 2.13 bits per heavy atom. The Bertz CT molecular complexity index is 774. The minimum absolute atomic E-state index is 0.161. The van der Waals surface area contributed by atoms with Gasteiger partial charge < -0.3 is 24.2 Å². The molecule has 4 aliphatic rings. The lowest BCUT2D eigenvalue weighted by Gasteiger charge is -2.21. The van der Waals surface area contributed by atoms with E-state index in [1.165, 1.54) is 0 Å². The van der Waals surface area contributed by atoms with Gasteiger partial charge in [-0.1, -0.05) is 12.2 Å². The number of nitrogens with zero attached hydrogens (tertiary/aromatic N) is 1. The Morgan fingerprint density at radius 3 is 2.96 bits per heavy atom. The molecule has 0 unspecified atom stereocenters. The summed E-state index contributed by atoms with van der Waals surface area (Å²) in [7, 11) is 0. The van der Waals surface area contributed by atoms with Crippen LogP contribution in [0.15, 0.2) is 30.4 Å². The van der Waals surface area contributed by atoms with Crippen molar-refractivity contribution in [2.24, 2.45) is 11.8 Å². The molecule has 7 nitrogen and oxygen atoms in total. The minimum atomic E-state index is -0.993. The van der Waals surface area contributed by atoms with Crippen LogP contribution in [-0.4, -0.2) is 42.0 Å². The number of hydrogen-bond acceptors (Lipinski definition) is 5. The zero-order valence-corrected chi connectivity index (χ0v) is 12.0. The number of carboxylic acid groups (broad SMARTS) is 1. The normalized spacial score (nSPS) is 35.9. The number of carboxylic acids is 1. The lowest BCUT2D eigenvalue weighted by molar-refractivity contribution is -0.146. The van der Waals surface area contributed by atoms with Crippen LogP contribution in [0.3, 0.4) is 0 Å². The van der Waals surface area contributed by atoms with Gasteiger partial charge in [0.1, 0.15) is 11.5 Å². The van der Waals surface area contributed by atoms with E-state index in [-0.39, 0.29) is 12.7 Å². The van der Waals surface area contributed by atoms with Crippen LogP contribution in [0.1, 0.15) is 0 Å². The molecule has 1 aromatic rings. The zero-order valence-electron chi connectivity index (χ0n) is 12.0. The van der Waals surface area contributed by atoms with Crippen LogP contribution in [-0.2, 0) is 14.3 Å². The lowest BCUT2D eigenvalue weighted by atomic mass is 9.77. The molecule has 1 amide bonds. The van der Waals surface area contributed by atoms with Gasteiger partial charge in [-0.3, -0.25) is 9.59 Å². The molecule has 1 aromatic carbocycles. The van der Waals surface area contributed by atoms with Crippen LogP contribution < -0.4 is 14.4 Å². The highest BCUT2D eigenvalue weighted by molar-refractivity contribution is 6.02. The molecule has 5 rings (SSSR count). The molecular formula is C16H13NO6. The van der Waals surface area contributed by atoms with Crippen LogP contribution in [0.2, 0.25) is 0 Å². The van der Waals surface area contributed by atoms with E-state index in [0.717, 1.165) is 0 Å². The molecule has 1 spiro atoms. The molecule has 7 heteroatoms. The van der Waals surface area contributed by atoms with Gasteiger partial charge in [-0.15, -0.1) is 0 Å². The Hall–Kier alpha value is -2.54. The van der Waals surface area contributed by atoms with Crippen LogP contribution in [0.25, 0.3) is 0 Å². The van der Waals surface area contributed by atoms with Crippen LogP contribution >= 0.6 is 0 Å². The fourth-order valence-electron chi connectivity index (χ4n) is 4.05. The Morgan fingerprint density at radius 1 is 1.30 bits per heavy atom. The van der Waals surface area contributed by atoms with E-state index < -0.39 is 29.5 Å². The number of anilines is 1. The third kappa shape index (κ3) is 1.52. The summed E-state index contributed by atoms with van der Waals surface area (Å²) in [5, 5.41) is 9.46. The van der Waals surface area contributed by atoms with Gasteiger partial charge in [0, 0.05) is 11.8 Å². The van der Waals surface area contributed by atoms with E-state index in [4.69, 9.17) is 14.2 Å². The zero-order chi connectivity index (χ0) is 15.8. The fourth-order valence-corrected chi connectivity index (χ4v) is 4.05. The third-order valence-corrected chi connectivity index (χ3v) is 5.05. The summed E-state index contributed by atoms with van der Waals surface area (Å²) in [5.74, 6) is -1.50. The maximum absolute atomic E-state index is 12.9. The van der Waals surface area contributed by atoms with Crippen molar-refractivity contribution < 1.29 is 28.9 Å². The number of carbonyl (C=O) groups excluding carboxylic acids is 1. The van der Waals surface area contributed by atoms with E-state index in [1.807, 2.05) is 6.08 Å². The van der Waals surface area contributed by atoms with Crippen molar-refractivity contribution in [1.82, 2.24) is 0 Å². The summed E-state index contributed by atoms with van der Waals surface area (Å²) in [6.45, 7) is 0.473. The Balaban J connectivity index is 1.54. The average Bonchev–Trinajstić information content (AvgIpc) is 3.26. The Labute approximate surface area is 131 Å².